The van der Waals surface area contributed by atoms with Crippen LogP contribution in [0.3, 0.4) is 0 Å². The molecule has 0 aromatic heterocycles. The zero-order chi connectivity index (χ0) is 15.1. The molecule has 1 atom stereocenters. The molecule has 0 spiro atoms. The van der Waals surface area contributed by atoms with Crippen LogP contribution in [0.2, 0.25) is 0 Å². The second-order valence-electron chi connectivity index (χ2n) is 5.09. The first-order chi connectivity index (χ1) is 10.2. The number of halogens is 1. The summed E-state index contributed by atoms with van der Waals surface area (Å²) in [5.74, 6) is 6.25. The summed E-state index contributed by atoms with van der Waals surface area (Å²) in [7, 11) is 0. The first-order valence-corrected chi connectivity index (χ1v) is 7.08. The smallest absolute Gasteiger partial charge is 0.123 e. The summed E-state index contributed by atoms with van der Waals surface area (Å²) < 4.78 is 18.8. The third-order valence-corrected chi connectivity index (χ3v) is 3.48. The summed E-state index contributed by atoms with van der Waals surface area (Å²) in [5.41, 5.74) is 4.84. The maximum absolute atomic E-state index is 13.1. The van der Waals surface area contributed by atoms with E-state index < -0.39 is 0 Å². The average Bonchev–Trinajstić information content (AvgIpc) is 2.49. The molecule has 0 bridgehead atoms. The Morgan fingerprint density at radius 3 is 2.62 bits per heavy atom. The highest BCUT2D eigenvalue weighted by molar-refractivity contribution is 5.27. The second-order valence-corrected chi connectivity index (χ2v) is 5.09. The minimum absolute atomic E-state index is 0.0953. The number of aryl methyl sites for hydroxylation is 1. The number of ether oxygens (including phenoxy) is 1. The molecule has 0 fully saturated rings. The fraction of sp³-hybridized carbons (Fsp3) is 0.294. The number of nitrogens with two attached hydrogens (primary N) is 1. The molecule has 0 radical (unpaired) electrons. The summed E-state index contributed by atoms with van der Waals surface area (Å²) in [6, 6.07) is 14.6. The second kappa shape index (κ2) is 7.76. The third kappa shape index (κ3) is 4.85. The van der Waals surface area contributed by atoms with Crippen molar-refractivity contribution in [3.05, 3.63) is 65.5 Å². The normalized spacial score (nSPS) is 12.1. The zero-order valence-electron chi connectivity index (χ0n) is 12.2. The van der Waals surface area contributed by atoms with Gasteiger partial charge in [0.05, 0.1) is 6.61 Å². The molecule has 0 aliphatic carbocycles. The number of hydrazine groups is 1. The van der Waals surface area contributed by atoms with Crippen LogP contribution in [0.15, 0.2) is 48.5 Å². The van der Waals surface area contributed by atoms with Gasteiger partial charge >= 0.3 is 0 Å². The van der Waals surface area contributed by atoms with Crippen molar-refractivity contribution < 1.29 is 9.13 Å². The Morgan fingerprint density at radius 2 is 1.95 bits per heavy atom. The molecular formula is C17H21FN2O. The number of benzene rings is 2. The maximum Gasteiger partial charge on any atom is 0.123 e. The van der Waals surface area contributed by atoms with E-state index in [4.69, 9.17) is 10.6 Å². The van der Waals surface area contributed by atoms with Gasteiger partial charge in [-0.05, 0) is 55.2 Å². The highest BCUT2D eigenvalue weighted by atomic mass is 19.1. The van der Waals surface area contributed by atoms with E-state index in [1.807, 2.05) is 43.3 Å². The predicted octanol–water partition coefficient (Wildman–Crippen LogP) is 2.98. The lowest BCUT2D eigenvalue weighted by Gasteiger charge is -2.17. The number of hydrogen-bond donors (Lipinski definition) is 2. The van der Waals surface area contributed by atoms with E-state index in [1.54, 1.807) is 6.07 Å². The van der Waals surface area contributed by atoms with E-state index in [1.165, 1.54) is 6.07 Å². The Morgan fingerprint density at radius 1 is 1.19 bits per heavy atom. The molecule has 21 heavy (non-hydrogen) atoms. The van der Waals surface area contributed by atoms with Crippen molar-refractivity contribution in [3.63, 3.8) is 0 Å². The van der Waals surface area contributed by atoms with E-state index in [9.17, 15) is 4.39 Å². The largest absolute Gasteiger partial charge is 0.494 e. The topological polar surface area (TPSA) is 47.3 Å². The van der Waals surface area contributed by atoms with Gasteiger partial charge in [-0.25, -0.2) is 4.39 Å². The average molecular weight is 288 g/mol. The number of para-hydroxylation sites is 1. The molecule has 0 saturated heterocycles. The molecule has 2 rings (SSSR count). The van der Waals surface area contributed by atoms with Gasteiger partial charge in [-0.1, -0.05) is 24.3 Å². The van der Waals surface area contributed by atoms with Crippen LogP contribution in [-0.4, -0.2) is 12.6 Å². The summed E-state index contributed by atoms with van der Waals surface area (Å²) in [6.07, 6.45) is 1.53. The van der Waals surface area contributed by atoms with Crippen LogP contribution in [0.25, 0.3) is 0 Å². The highest BCUT2D eigenvalue weighted by Gasteiger charge is 2.10. The molecule has 3 nitrogen and oxygen atoms in total. The van der Waals surface area contributed by atoms with E-state index >= 15 is 0 Å². The maximum atomic E-state index is 13.1. The molecular weight excluding hydrogens is 267 g/mol. The molecule has 4 heteroatoms. The SMILES string of the molecule is Cc1cc(F)ccc1CC(CCOc1ccccc1)NN. The Balaban J connectivity index is 1.85. The fourth-order valence-corrected chi connectivity index (χ4v) is 2.23. The van der Waals surface area contributed by atoms with Crippen molar-refractivity contribution in [2.24, 2.45) is 5.84 Å². The zero-order valence-corrected chi connectivity index (χ0v) is 12.2. The van der Waals surface area contributed by atoms with Crippen LogP contribution >= 0.6 is 0 Å². The fourth-order valence-electron chi connectivity index (χ4n) is 2.23. The molecule has 0 aliphatic rings. The van der Waals surface area contributed by atoms with E-state index in [0.29, 0.717) is 6.61 Å². The van der Waals surface area contributed by atoms with Gasteiger partial charge in [0.15, 0.2) is 0 Å². The molecule has 0 amide bonds. The van der Waals surface area contributed by atoms with Gasteiger partial charge in [0, 0.05) is 6.04 Å². The standard InChI is InChI=1S/C17H21FN2O/c1-13-11-15(18)8-7-14(13)12-16(20-19)9-10-21-17-5-3-2-4-6-17/h2-8,11,16,20H,9-10,12,19H2,1H3. The van der Waals surface area contributed by atoms with Crippen LogP contribution in [0.5, 0.6) is 5.75 Å². The van der Waals surface area contributed by atoms with Gasteiger partial charge in [0.25, 0.3) is 0 Å². The molecule has 2 aromatic carbocycles. The summed E-state index contributed by atoms with van der Waals surface area (Å²) in [5, 5.41) is 0. The van der Waals surface area contributed by atoms with Gasteiger partial charge in [-0.2, -0.15) is 0 Å². The minimum atomic E-state index is -0.207. The van der Waals surface area contributed by atoms with Crippen molar-refractivity contribution in [2.45, 2.75) is 25.8 Å². The van der Waals surface area contributed by atoms with Crippen LogP contribution < -0.4 is 16.0 Å². The quantitative estimate of drug-likeness (QED) is 0.608. The lowest BCUT2D eigenvalue weighted by molar-refractivity contribution is 0.285. The molecule has 1 unspecified atom stereocenters. The monoisotopic (exact) mass is 288 g/mol. The first-order valence-electron chi connectivity index (χ1n) is 7.08. The highest BCUT2D eigenvalue weighted by Crippen LogP contribution is 2.14. The van der Waals surface area contributed by atoms with Crippen molar-refractivity contribution in [2.75, 3.05) is 6.61 Å². The number of hydrogen-bond acceptors (Lipinski definition) is 3. The lowest BCUT2D eigenvalue weighted by atomic mass is 10.00. The molecule has 0 saturated carbocycles. The van der Waals surface area contributed by atoms with Gasteiger partial charge in [0.1, 0.15) is 11.6 Å². The van der Waals surface area contributed by atoms with Crippen LogP contribution in [0, 0.1) is 12.7 Å². The number of rotatable bonds is 7. The molecule has 0 aliphatic heterocycles. The Hall–Kier alpha value is -1.91. The van der Waals surface area contributed by atoms with Crippen molar-refractivity contribution in [1.29, 1.82) is 0 Å². The Kier molecular flexibility index (Phi) is 5.72. The van der Waals surface area contributed by atoms with Gasteiger partial charge < -0.3 is 4.74 Å². The van der Waals surface area contributed by atoms with Crippen molar-refractivity contribution >= 4 is 0 Å². The van der Waals surface area contributed by atoms with Crippen LogP contribution in [0.4, 0.5) is 4.39 Å². The summed E-state index contributed by atoms with van der Waals surface area (Å²) >= 11 is 0. The van der Waals surface area contributed by atoms with Gasteiger partial charge in [-0.3, -0.25) is 11.3 Å². The molecule has 0 heterocycles. The summed E-state index contributed by atoms with van der Waals surface area (Å²) in [6.45, 7) is 2.49. The van der Waals surface area contributed by atoms with E-state index in [0.717, 1.165) is 29.7 Å². The molecule has 112 valence electrons. The number of nitrogens with one attached hydrogen (secondary N) is 1. The Bertz CT molecular complexity index is 560. The Labute approximate surface area is 124 Å². The minimum Gasteiger partial charge on any atom is -0.494 e. The van der Waals surface area contributed by atoms with E-state index in [2.05, 4.69) is 5.43 Å². The van der Waals surface area contributed by atoms with Gasteiger partial charge in [0.2, 0.25) is 0 Å². The van der Waals surface area contributed by atoms with E-state index in [-0.39, 0.29) is 11.9 Å². The van der Waals surface area contributed by atoms with Crippen molar-refractivity contribution in [3.8, 4) is 5.75 Å². The molecule has 3 N–H and O–H groups in total. The summed E-state index contributed by atoms with van der Waals surface area (Å²) in [4.78, 5) is 0. The van der Waals surface area contributed by atoms with Crippen LogP contribution in [-0.2, 0) is 6.42 Å². The first kappa shape index (κ1) is 15.5. The van der Waals surface area contributed by atoms with Crippen LogP contribution in [0.1, 0.15) is 17.5 Å². The van der Waals surface area contributed by atoms with Crippen molar-refractivity contribution in [1.82, 2.24) is 5.43 Å². The van der Waals surface area contributed by atoms with Gasteiger partial charge in [-0.15, -0.1) is 0 Å². The lowest BCUT2D eigenvalue weighted by Crippen LogP contribution is -2.38. The molecule has 2 aromatic rings. The third-order valence-electron chi connectivity index (χ3n) is 3.48. The predicted molar refractivity (Wildman–Crippen MR) is 82.5 cm³/mol.